The minimum atomic E-state index is -5.16. The van der Waals surface area contributed by atoms with Crippen molar-refractivity contribution in [3.8, 4) is 11.1 Å². The van der Waals surface area contributed by atoms with Gasteiger partial charge in [0.25, 0.3) is 10.0 Å². The van der Waals surface area contributed by atoms with Crippen molar-refractivity contribution in [1.29, 1.82) is 0 Å². The highest BCUT2D eigenvalue weighted by Gasteiger charge is 2.52. The van der Waals surface area contributed by atoms with E-state index in [1.807, 2.05) is 0 Å². The van der Waals surface area contributed by atoms with Crippen LogP contribution < -0.4 is 10.5 Å². The number of aromatic nitrogens is 1. The fourth-order valence-corrected chi connectivity index (χ4v) is 8.82. The van der Waals surface area contributed by atoms with Crippen LogP contribution in [-0.2, 0) is 29.6 Å². The highest BCUT2D eigenvalue weighted by molar-refractivity contribution is 7.89. The molecule has 0 bridgehead atoms. The monoisotopic (exact) mass is 769 g/mol. The van der Waals surface area contributed by atoms with Crippen molar-refractivity contribution in [1.82, 2.24) is 18.9 Å². The third-order valence-electron chi connectivity index (χ3n) is 8.20. The fourth-order valence-electron chi connectivity index (χ4n) is 6.03. The lowest BCUT2D eigenvalue weighted by molar-refractivity contribution is -0.199. The van der Waals surface area contributed by atoms with Gasteiger partial charge < -0.3 is 10.6 Å². The molecule has 11 nitrogen and oxygen atoms in total. The lowest BCUT2D eigenvalue weighted by Crippen LogP contribution is -2.57. The van der Waals surface area contributed by atoms with E-state index in [0.29, 0.717) is 16.0 Å². The van der Waals surface area contributed by atoms with Gasteiger partial charge in [-0.3, -0.25) is 9.59 Å². The Labute approximate surface area is 301 Å². The van der Waals surface area contributed by atoms with Crippen molar-refractivity contribution < 1.29 is 44.0 Å². The predicted octanol–water partition coefficient (Wildman–Crippen LogP) is 5.15. The van der Waals surface area contributed by atoms with Gasteiger partial charge in [0.05, 0.1) is 23.5 Å². The molecule has 2 aromatic carbocycles. The maximum Gasteiger partial charge on any atom is 0.413 e. The zero-order chi connectivity index (χ0) is 38.9. The first kappa shape index (κ1) is 41.0. The molecule has 0 aliphatic carbocycles. The molecule has 1 aromatic heterocycles. The summed E-state index contributed by atoms with van der Waals surface area (Å²) in [4.78, 5) is 31.9. The number of amides is 1. The summed E-state index contributed by atoms with van der Waals surface area (Å²) in [5.41, 5.74) is 3.73. The molecule has 1 fully saturated rings. The second-order valence-corrected chi connectivity index (χ2v) is 17.9. The molecule has 0 spiro atoms. The summed E-state index contributed by atoms with van der Waals surface area (Å²) in [6.45, 7) is 6.23. The molecule has 1 aliphatic rings. The number of rotatable bonds is 11. The quantitative estimate of drug-likeness (QED) is 0.254. The highest BCUT2D eigenvalue weighted by Crippen LogP contribution is 2.41. The van der Waals surface area contributed by atoms with Crippen LogP contribution in [0.3, 0.4) is 0 Å². The molecule has 0 radical (unpaired) electrons. The van der Waals surface area contributed by atoms with Crippen LogP contribution in [0.1, 0.15) is 65.5 Å². The Hall–Kier alpha value is -3.77. The van der Waals surface area contributed by atoms with E-state index in [1.165, 1.54) is 60.8 Å². The molecule has 1 aliphatic heterocycles. The number of nitrogens with one attached hydrogen (secondary N) is 1. The zero-order valence-corrected chi connectivity index (χ0v) is 31.0. The molecule has 2 heterocycles. The minimum Gasteiger partial charge on any atom is -0.320 e. The second-order valence-electron chi connectivity index (χ2n) is 14.4. The molecule has 4 rings (SSSR count). The molecular formula is C35H43F4N5O6S2. The summed E-state index contributed by atoms with van der Waals surface area (Å²) in [6.07, 6.45) is -4.98. The van der Waals surface area contributed by atoms with Crippen LogP contribution in [0.5, 0.6) is 0 Å². The van der Waals surface area contributed by atoms with E-state index in [1.54, 1.807) is 20.8 Å². The number of alkyl halides is 4. The standard InChI is InChI=1S/C35H43F4N5O6S2/c1-33(2,3)42-51(47,48)26-17-15-24(16-18-26)23-11-13-25(14-12-23)31(35(37,38)39)44(32(46)27(40)21-34(4,5)36)28-9-8-20-43(22-29(28)45)52(49,50)30-10-6-7-19-41-30/h6-7,10-19,27-28,31,42H,8-9,20-22,40H2,1-5H3/t27-,28?,31-/m0/s1. The number of halogens is 4. The molecule has 0 saturated carbocycles. The van der Waals surface area contributed by atoms with E-state index in [2.05, 4.69) is 9.71 Å². The zero-order valence-electron chi connectivity index (χ0n) is 29.4. The SMILES string of the molecule is CC(C)(F)C[C@H](N)C(=O)N(C1CCCN(S(=O)(=O)c2ccccn2)CC1=O)[C@@H](c1ccc(-c2ccc(S(=O)(=O)NC(C)(C)C)cc2)cc1)C(F)(F)F. The van der Waals surface area contributed by atoms with Gasteiger partial charge in [0.15, 0.2) is 16.9 Å². The Morgan fingerprint density at radius 2 is 1.52 bits per heavy atom. The van der Waals surface area contributed by atoms with E-state index in [0.717, 1.165) is 30.3 Å². The number of nitrogens with two attached hydrogens (primary N) is 1. The first-order chi connectivity index (χ1) is 23.9. The van der Waals surface area contributed by atoms with Gasteiger partial charge in [-0.05, 0) is 88.4 Å². The van der Waals surface area contributed by atoms with Gasteiger partial charge in [0, 0.05) is 24.7 Å². The fraction of sp³-hybridized carbons (Fsp3) is 0.457. The van der Waals surface area contributed by atoms with Gasteiger partial charge in [-0.1, -0.05) is 42.5 Å². The van der Waals surface area contributed by atoms with Crippen molar-refractivity contribution in [2.45, 2.75) is 99.3 Å². The van der Waals surface area contributed by atoms with Crippen LogP contribution in [0.25, 0.3) is 11.1 Å². The predicted molar refractivity (Wildman–Crippen MR) is 186 cm³/mol. The Morgan fingerprint density at radius 1 is 0.942 bits per heavy atom. The molecule has 17 heteroatoms. The summed E-state index contributed by atoms with van der Waals surface area (Å²) < 4.78 is 116. The Bertz CT molecular complexity index is 1950. The number of Topliss-reactive ketones (excluding diaryl/α,β-unsaturated/α-hetero) is 1. The summed E-state index contributed by atoms with van der Waals surface area (Å²) in [7, 11) is -8.16. The Balaban J connectivity index is 1.73. The van der Waals surface area contributed by atoms with Crippen molar-refractivity contribution in [3.05, 3.63) is 78.5 Å². The van der Waals surface area contributed by atoms with E-state index in [-0.39, 0.29) is 29.3 Å². The summed E-state index contributed by atoms with van der Waals surface area (Å²) >= 11 is 0. The number of nitrogens with zero attached hydrogens (tertiary/aromatic N) is 3. The topological polar surface area (TPSA) is 160 Å². The van der Waals surface area contributed by atoms with Crippen LogP contribution in [-0.4, -0.2) is 85.3 Å². The van der Waals surface area contributed by atoms with Crippen molar-refractivity contribution >= 4 is 31.7 Å². The number of hydrogen-bond donors (Lipinski definition) is 2. The maximum absolute atomic E-state index is 15.2. The van der Waals surface area contributed by atoms with Gasteiger partial charge in [0.2, 0.25) is 15.9 Å². The Kier molecular flexibility index (Phi) is 12.1. The minimum absolute atomic E-state index is 0.0126. The number of carbonyl (C=O) groups is 2. The van der Waals surface area contributed by atoms with Crippen molar-refractivity contribution in [2.24, 2.45) is 5.73 Å². The lowest BCUT2D eigenvalue weighted by Gasteiger charge is -2.40. The van der Waals surface area contributed by atoms with Gasteiger partial charge in [-0.2, -0.15) is 17.5 Å². The number of hydrogen-bond acceptors (Lipinski definition) is 8. The molecule has 284 valence electrons. The van der Waals surface area contributed by atoms with Gasteiger partial charge in [0.1, 0.15) is 5.67 Å². The molecule has 1 saturated heterocycles. The first-order valence-electron chi connectivity index (χ1n) is 16.4. The van der Waals surface area contributed by atoms with E-state index < -0.39 is 85.8 Å². The molecular weight excluding hydrogens is 727 g/mol. The van der Waals surface area contributed by atoms with Crippen LogP contribution in [0.2, 0.25) is 0 Å². The van der Waals surface area contributed by atoms with Crippen molar-refractivity contribution in [2.75, 3.05) is 13.1 Å². The molecule has 3 N–H and O–H groups in total. The van der Waals surface area contributed by atoms with Crippen LogP contribution in [0.4, 0.5) is 17.6 Å². The average molecular weight is 770 g/mol. The van der Waals surface area contributed by atoms with Crippen LogP contribution >= 0.6 is 0 Å². The smallest absolute Gasteiger partial charge is 0.320 e. The molecule has 3 aromatic rings. The number of ketones is 1. The van der Waals surface area contributed by atoms with E-state index in [9.17, 15) is 30.8 Å². The first-order valence-corrected chi connectivity index (χ1v) is 19.3. The van der Waals surface area contributed by atoms with Gasteiger partial charge in [-0.15, -0.1) is 0 Å². The maximum atomic E-state index is 15.2. The highest BCUT2D eigenvalue weighted by atomic mass is 32.2. The number of pyridine rings is 1. The number of carbonyl (C=O) groups excluding carboxylic acids is 2. The number of sulfonamides is 2. The third-order valence-corrected chi connectivity index (χ3v) is 11.7. The summed E-state index contributed by atoms with van der Waals surface area (Å²) in [5, 5.41) is -0.354. The summed E-state index contributed by atoms with van der Waals surface area (Å²) in [6, 6.07) is 8.59. The van der Waals surface area contributed by atoms with E-state index >= 15 is 13.2 Å². The van der Waals surface area contributed by atoms with Gasteiger partial charge >= 0.3 is 6.18 Å². The third kappa shape index (κ3) is 10.0. The van der Waals surface area contributed by atoms with E-state index in [4.69, 9.17) is 5.73 Å². The largest absolute Gasteiger partial charge is 0.413 e. The lowest BCUT2D eigenvalue weighted by atomic mass is 9.93. The Morgan fingerprint density at radius 3 is 2.02 bits per heavy atom. The summed E-state index contributed by atoms with van der Waals surface area (Å²) in [5.74, 6) is -2.30. The van der Waals surface area contributed by atoms with Crippen LogP contribution in [0, 0.1) is 0 Å². The average Bonchev–Trinajstić information content (AvgIpc) is 3.23. The van der Waals surface area contributed by atoms with Crippen LogP contribution in [0.15, 0.2) is 82.8 Å². The molecule has 1 amide bonds. The molecule has 52 heavy (non-hydrogen) atoms. The molecule has 1 unspecified atom stereocenters. The molecule has 3 atom stereocenters. The second kappa shape index (κ2) is 15.3. The number of benzene rings is 2. The normalized spacial score (nSPS) is 18.0. The van der Waals surface area contributed by atoms with Gasteiger partial charge in [-0.25, -0.2) is 30.9 Å². The van der Waals surface area contributed by atoms with Crippen molar-refractivity contribution in [3.63, 3.8) is 0 Å².